The molecule has 0 amide bonds. The zero-order valence-electron chi connectivity index (χ0n) is 19.3. The molecule has 2 aliphatic heterocycles. The number of unbranched alkanes of at least 4 members (excludes halogenated alkanes) is 3. The van der Waals surface area contributed by atoms with Crippen LogP contribution >= 0.6 is 11.3 Å². The highest BCUT2D eigenvalue weighted by atomic mass is 32.1. The molecule has 0 bridgehead atoms. The largest absolute Gasteiger partial charge is 0.622 e. The number of hydrogen-bond donors (Lipinski definition) is 0. The van der Waals surface area contributed by atoms with E-state index in [0.717, 1.165) is 62.9 Å². The number of ether oxygens (including phenoxy) is 2. The number of nitrogens with zero attached hydrogens (tertiary/aromatic N) is 4. The Kier molecular flexibility index (Phi) is 9.21. The molecule has 2 fully saturated rings. The first-order chi connectivity index (χ1) is 15.0. The smallest absolute Gasteiger partial charge is 0.339 e. The molecule has 0 aliphatic carbocycles. The number of aryl methyl sites for hydroxylation is 1. The minimum absolute atomic E-state index is 0.241. The van der Waals surface area contributed by atoms with Crippen LogP contribution in [0.25, 0.3) is 0 Å². The standard InChI is InChI=1S/C22H38N4O4S/c1-4-7-10-17-13-18(29-15-17)21(27)30-20-14-25(12-9-6-3)16-26(20,28)22-24-23-19(31-22)11-8-5-2/h17-18,20H,4-16H2,1-3H3. The molecule has 3 rings (SSSR count). The number of aromatic nitrogens is 2. The maximum Gasteiger partial charge on any atom is 0.339 e. The van der Waals surface area contributed by atoms with Crippen molar-refractivity contribution in [1.82, 2.24) is 19.7 Å². The van der Waals surface area contributed by atoms with Gasteiger partial charge in [0, 0.05) is 13.0 Å². The van der Waals surface area contributed by atoms with Gasteiger partial charge >= 0.3 is 11.1 Å². The van der Waals surface area contributed by atoms with Crippen molar-refractivity contribution < 1.29 is 14.3 Å². The predicted octanol–water partition coefficient (Wildman–Crippen LogP) is 4.22. The predicted molar refractivity (Wildman–Crippen MR) is 122 cm³/mol. The van der Waals surface area contributed by atoms with Crippen LogP contribution in [0, 0.1) is 11.1 Å². The van der Waals surface area contributed by atoms with Gasteiger partial charge in [0.2, 0.25) is 0 Å². The fourth-order valence-electron chi connectivity index (χ4n) is 4.23. The van der Waals surface area contributed by atoms with Crippen LogP contribution in [0.15, 0.2) is 0 Å². The van der Waals surface area contributed by atoms with Gasteiger partial charge in [-0.05, 0) is 42.9 Å². The average Bonchev–Trinajstić information content (AvgIpc) is 3.49. The van der Waals surface area contributed by atoms with Crippen LogP contribution < -0.4 is 4.65 Å². The fraction of sp³-hybridized carbons (Fsp3) is 0.864. The van der Waals surface area contributed by atoms with Gasteiger partial charge in [-0.3, -0.25) is 4.65 Å². The Balaban J connectivity index is 1.68. The first-order valence-electron chi connectivity index (χ1n) is 12.0. The minimum atomic E-state index is -0.824. The van der Waals surface area contributed by atoms with Crippen molar-refractivity contribution in [2.24, 2.45) is 5.92 Å². The molecule has 2 aliphatic rings. The van der Waals surface area contributed by atoms with E-state index in [4.69, 9.17) is 9.47 Å². The lowest BCUT2D eigenvalue weighted by molar-refractivity contribution is -0.164. The third-order valence-electron chi connectivity index (χ3n) is 6.20. The van der Waals surface area contributed by atoms with Crippen molar-refractivity contribution in [3.63, 3.8) is 0 Å². The van der Waals surface area contributed by atoms with Gasteiger partial charge in [0.05, 0.1) is 13.2 Å². The third-order valence-corrected chi connectivity index (χ3v) is 7.30. The second kappa shape index (κ2) is 11.7. The Labute approximate surface area is 190 Å². The summed E-state index contributed by atoms with van der Waals surface area (Å²) in [5, 5.41) is 23.6. The van der Waals surface area contributed by atoms with Gasteiger partial charge in [0.1, 0.15) is 11.7 Å². The molecule has 8 nitrogen and oxygen atoms in total. The second-order valence-electron chi connectivity index (χ2n) is 8.91. The van der Waals surface area contributed by atoms with E-state index in [0.29, 0.717) is 30.6 Å². The van der Waals surface area contributed by atoms with E-state index in [-0.39, 0.29) is 6.67 Å². The number of rotatable bonds is 12. The third kappa shape index (κ3) is 6.22. The van der Waals surface area contributed by atoms with E-state index in [2.05, 4.69) is 35.9 Å². The summed E-state index contributed by atoms with van der Waals surface area (Å²) in [6, 6.07) is 0. The minimum Gasteiger partial charge on any atom is -0.622 e. The maximum absolute atomic E-state index is 13.9. The van der Waals surface area contributed by atoms with Gasteiger partial charge in [0.25, 0.3) is 6.23 Å². The van der Waals surface area contributed by atoms with Gasteiger partial charge < -0.3 is 14.7 Å². The maximum atomic E-state index is 13.9. The Bertz CT molecular complexity index is 703. The number of carbonyl (C=O) groups excluding carboxylic acids is 1. The number of hydroxylamine groups is 2. The molecular weight excluding hydrogens is 416 g/mol. The lowest BCUT2D eigenvalue weighted by Crippen LogP contribution is -2.51. The van der Waals surface area contributed by atoms with Crippen LogP contribution in [0.5, 0.6) is 0 Å². The van der Waals surface area contributed by atoms with Crippen molar-refractivity contribution in [2.45, 2.75) is 90.9 Å². The summed E-state index contributed by atoms with van der Waals surface area (Å²) in [4.78, 5) is 14.9. The quantitative estimate of drug-likeness (QED) is 0.265. The highest BCUT2D eigenvalue weighted by Crippen LogP contribution is 2.35. The van der Waals surface area contributed by atoms with Gasteiger partial charge in [0.15, 0.2) is 6.10 Å². The molecule has 1 aromatic rings. The highest BCUT2D eigenvalue weighted by Gasteiger charge is 2.47. The molecule has 1 aromatic heterocycles. The van der Waals surface area contributed by atoms with Crippen molar-refractivity contribution in [3.05, 3.63) is 10.2 Å². The molecule has 176 valence electrons. The summed E-state index contributed by atoms with van der Waals surface area (Å²) < 4.78 is 10.8. The monoisotopic (exact) mass is 454 g/mol. The van der Waals surface area contributed by atoms with E-state index >= 15 is 0 Å². The van der Waals surface area contributed by atoms with Crippen LogP contribution in [-0.4, -0.2) is 59.8 Å². The SMILES string of the molecule is CCCCc1nnc([N+]2([O-])CN(CCCC)CC2OC(=O)C2CC(CCCC)CO2)s1. The number of hydrogen-bond acceptors (Lipinski definition) is 8. The van der Waals surface area contributed by atoms with Crippen LogP contribution in [-0.2, 0) is 20.7 Å². The number of carbonyl (C=O) groups is 1. The van der Waals surface area contributed by atoms with Gasteiger partial charge in [-0.15, -0.1) is 5.10 Å². The molecule has 0 radical (unpaired) electrons. The fourth-order valence-corrected chi connectivity index (χ4v) is 5.18. The zero-order valence-corrected chi connectivity index (χ0v) is 20.1. The molecule has 4 unspecified atom stereocenters. The summed E-state index contributed by atoms with van der Waals surface area (Å²) in [5.74, 6) is -0.00618. The summed E-state index contributed by atoms with van der Waals surface area (Å²) in [6.07, 6.45) is 7.62. The Morgan fingerprint density at radius 3 is 2.74 bits per heavy atom. The first-order valence-corrected chi connectivity index (χ1v) is 12.8. The Morgan fingerprint density at radius 2 is 2.00 bits per heavy atom. The topological polar surface area (TPSA) is 87.6 Å². The van der Waals surface area contributed by atoms with Crippen molar-refractivity contribution in [3.8, 4) is 0 Å². The molecule has 4 atom stereocenters. The van der Waals surface area contributed by atoms with Crippen LogP contribution in [0.4, 0.5) is 5.13 Å². The molecule has 0 saturated carbocycles. The van der Waals surface area contributed by atoms with Gasteiger partial charge in [-0.2, -0.15) is 0 Å². The number of esters is 1. The Morgan fingerprint density at radius 1 is 1.23 bits per heavy atom. The van der Waals surface area contributed by atoms with E-state index in [9.17, 15) is 10.0 Å². The zero-order chi connectivity index (χ0) is 22.3. The molecule has 31 heavy (non-hydrogen) atoms. The summed E-state index contributed by atoms with van der Waals surface area (Å²) >= 11 is 1.36. The van der Waals surface area contributed by atoms with Gasteiger partial charge in [-0.25, -0.2) is 9.69 Å². The first kappa shape index (κ1) is 24.5. The number of quaternary nitrogens is 1. The summed E-state index contributed by atoms with van der Waals surface area (Å²) in [5.41, 5.74) is 0. The summed E-state index contributed by atoms with van der Waals surface area (Å²) in [7, 11) is 0. The van der Waals surface area contributed by atoms with Crippen LogP contribution in [0.2, 0.25) is 0 Å². The van der Waals surface area contributed by atoms with E-state index < -0.39 is 22.9 Å². The Hall–Kier alpha value is -1.13. The average molecular weight is 455 g/mol. The van der Waals surface area contributed by atoms with Gasteiger partial charge in [-0.1, -0.05) is 51.6 Å². The van der Waals surface area contributed by atoms with E-state index in [1.165, 1.54) is 11.3 Å². The van der Waals surface area contributed by atoms with Crippen LogP contribution in [0.3, 0.4) is 0 Å². The molecule has 0 N–H and O–H groups in total. The van der Waals surface area contributed by atoms with Crippen molar-refractivity contribution in [1.29, 1.82) is 0 Å². The van der Waals surface area contributed by atoms with E-state index in [1.54, 1.807) is 0 Å². The highest BCUT2D eigenvalue weighted by molar-refractivity contribution is 7.15. The normalized spacial score (nSPS) is 29.0. The lowest BCUT2D eigenvalue weighted by atomic mass is 9.99. The molecule has 9 heteroatoms. The summed E-state index contributed by atoms with van der Waals surface area (Å²) in [6.45, 7) is 8.50. The second-order valence-corrected chi connectivity index (χ2v) is 9.95. The van der Waals surface area contributed by atoms with Crippen molar-refractivity contribution >= 4 is 22.4 Å². The molecule has 3 heterocycles. The lowest BCUT2D eigenvalue weighted by Gasteiger charge is -2.38. The molecule has 0 aromatic carbocycles. The van der Waals surface area contributed by atoms with E-state index in [1.807, 2.05) is 0 Å². The molecular formula is C22H38N4O4S. The van der Waals surface area contributed by atoms with Crippen LogP contribution in [0.1, 0.15) is 77.1 Å². The molecule has 2 saturated heterocycles. The molecule has 0 spiro atoms. The van der Waals surface area contributed by atoms with Crippen molar-refractivity contribution in [2.75, 3.05) is 26.4 Å².